The summed E-state index contributed by atoms with van der Waals surface area (Å²) in [4.78, 5) is 12.3. The van der Waals surface area contributed by atoms with Gasteiger partial charge >= 0.3 is 0 Å². The van der Waals surface area contributed by atoms with E-state index in [1.165, 1.54) is 0 Å². The summed E-state index contributed by atoms with van der Waals surface area (Å²) in [6, 6.07) is 13.7. The topological polar surface area (TPSA) is 47.6 Å². The zero-order valence-electron chi connectivity index (χ0n) is 15.6. The third kappa shape index (κ3) is 5.82. The van der Waals surface area contributed by atoms with Crippen LogP contribution in [0.2, 0.25) is 0 Å². The number of nitrogens with one attached hydrogen (secondary N) is 1. The van der Waals surface area contributed by atoms with Crippen LogP contribution in [0.1, 0.15) is 30.5 Å². The number of hydrogen-bond donors (Lipinski definition) is 1. The molecule has 0 saturated carbocycles. The number of ether oxygens (including phenoxy) is 2. The molecule has 2 aromatic carbocycles. The lowest BCUT2D eigenvalue weighted by Gasteiger charge is -2.20. The van der Waals surface area contributed by atoms with Crippen molar-refractivity contribution in [3.63, 3.8) is 0 Å². The maximum Gasteiger partial charge on any atom is 0.261 e. The first kappa shape index (κ1) is 18.8. The van der Waals surface area contributed by atoms with Crippen molar-refractivity contribution in [2.75, 3.05) is 6.61 Å². The minimum atomic E-state index is -0.567. The Labute approximate surface area is 150 Å². The van der Waals surface area contributed by atoms with Gasteiger partial charge in [0.15, 0.2) is 6.10 Å². The quantitative estimate of drug-likeness (QED) is 0.829. The van der Waals surface area contributed by atoms with Crippen LogP contribution in [-0.2, 0) is 4.79 Å². The highest BCUT2D eigenvalue weighted by molar-refractivity contribution is 5.81. The standard InChI is InChI=1S/C21H27NO3/c1-14-10-15(2)12-19(11-14)25-18(5)21(23)22-17(4)13-24-20-9-7-6-8-16(20)3/h6-12,17-18H,13H2,1-5H3,(H,22,23)/t17-,18-/m0/s1. The molecule has 134 valence electrons. The number of carbonyl (C=O) groups is 1. The van der Waals surface area contributed by atoms with E-state index in [0.29, 0.717) is 12.4 Å². The Bertz CT molecular complexity index is 707. The maximum atomic E-state index is 12.3. The Morgan fingerprint density at radius 1 is 1.04 bits per heavy atom. The van der Waals surface area contributed by atoms with Crippen molar-refractivity contribution in [3.05, 3.63) is 59.2 Å². The van der Waals surface area contributed by atoms with Crippen molar-refractivity contribution in [2.45, 2.75) is 46.8 Å². The van der Waals surface area contributed by atoms with E-state index >= 15 is 0 Å². The van der Waals surface area contributed by atoms with Crippen molar-refractivity contribution in [3.8, 4) is 11.5 Å². The Morgan fingerprint density at radius 3 is 2.32 bits per heavy atom. The van der Waals surface area contributed by atoms with Crippen molar-refractivity contribution in [2.24, 2.45) is 0 Å². The first-order chi connectivity index (χ1) is 11.8. The third-order valence-corrected chi connectivity index (χ3v) is 3.85. The van der Waals surface area contributed by atoms with Crippen LogP contribution in [0, 0.1) is 20.8 Å². The monoisotopic (exact) mass is 341 g/mol. The molecule has 0 aliphatic rings. The molecule has 0 aliphatic heterocycles. The van der Waals surface area contributed by atoms with Crippen LogP contribution in [-0.4, -0.2) is 24.7 Å². The van der Waals surface area contributed by atoms with Crippen molar-refractivity contribution < 1.29 is 14.3 Å². The van der Waals surface area contributed by atoms with Crippen LogP contribution in [0.4, 0.5) is 0 Å². The van der Waals surface area contributed by atoms with Gasteiger partial charge in [0.25, 0.3) is 5.91 Å². The minimum Gasteiger partial charge on any atom is -0.491 e. The molecule has 0 aromatic heterocycles. The summed E-state index contributed by atoms with van der Waals surface area (Å²) < 4.78 is 11.5. The maximum absolute atomic E-state index is 12.3. The molecule has 0 fully saturated rings. The first-order valence-corrected chi connectivity index (χ1v) is 8.59. The molecular weight excluding hydrogens is 314 g/mol. The predicted molar refractivity (Wildman–Crippen MR) is 100 cm³/mol. The summed E-state index contributed by atoms with van der Waals surface area (Å²) in [6.07, 6.45) is -0.567. The summed E-state index contributed by atoms with van der Waals surface area (Å²) in [6.45, 7) is 10.1. The van der Waals surface area contributed by atoms with Gasteiger partial charge in [0, 0.05) is 0 Å². The molecule has 0 saturated heterocycles. The van der Waals surface area contributed by atoms with Gasteiger partial charge < -0.3 is 14.8 Å². The first-order valence-electron chi connectivity index (χ1n) is 8.59. The van der Waals surface area contributed by atoms with Gasteiger partial charge in [0.05, 0.1) is 6.04 Å². The predicted octanol–water partition coefficient (Wildman–Crippen LogP) is 3.96. The summed E-state index contributed by atoms with van der Waals surface area (Å²) in [5.41, 5.74) is 3.30. The molecule has 0 spiro atoms. The Hall–Kier alpha value is -2.49. The second-order valence-corrected chi connectivity index (χ2v) is 6.57. The number of amides is 1. The van der Waals surface area contributed by atoms with Crippen LogP contribution in [0.15, 0.2) is 42.5 Å². The third-order valence-electron chi connectivity index (χ3n) is 3.85. The van der Waals surface area contributed by atoms with E-state index < -0.39 is 6.10 Å². The van der Waals surface area contributed by atoms with Gasteiger partial charge in [-0.3, -0.25) is 4.79 Å². The van der Waals surface area contributed by atoms with Gasteiger partial charge in [0.2, 0.25) is 0 Å². The zero-order chi connectivity index (χ0) is 18.4. The lowest BCUT2D eigenvalue weighted by molar-refractivity contribution is -0.128. The molecule has 4 heteroatoms. The minimum absolute atomic E-state index is 0.114. The molecule has 0 bridgehead atoms. The lowest BCUT2D eigenvalue weighted by atomic mass is 10.1. The fourth-order valence-electron chi connectivity index (χ4n) is 2.59. The smallest absolute Gasteiger partial charge is 0.261 e. The van der Waals surface area contributed by atoms with Gasteiger partial charge in [-0.2, -0.15) is 0 Å². The Balaban J connectivity index is 1.84. The highest BCUT2D eigenvalue weighted by Crippen LogP contribution is 2.18. The van der Waals surface area contributed by atoms with Gasteiger partial charge in [0.1, 0.15) is 18.1 Å². The zero-order valence-corrected chi connectivity index (χ0v) is 15.6. The van der Waals surface area contributed by atoms with E-state index in [0.717, 1.165) is 22.4 Å². The Morgan fingerprint density at radius 2 is 1.68 bits per heavy atom. The second-order valence-electron chi connectivity index (χ2n) is 6.57. The highest BCUT2D eigenvalue weighted by atomic mass is 16.5. The normalized spacial score (nSPS) is 13.0. The number of benzene rings is 2. The van der Waals surface area contributed by atoms with E-state index in [2.05, 4.69) is 11.4 Å². The molecule has 1 amide bonds. The SMILES string of the molecule is Cc1cc(C)cc(O[C@@H](C)C(=O)N[C@@H](C)COc2ccccc2C)c1. The lowest BCUT2D eigenvalue weighted by Crippen LogP contribution is -2.43. The summed E-state index contributed by atoms with van der Waals surface area (Å²) in [5, 5.41) is 2.93. The van der Waals surface area contributed by atoms with E-state index in [9.17, 15) is 4.79 Å². The molecule has 0 unspecified atom stereocenters. The van der Waals surface area contributed by atoms with Crippen molar-refractivity contribution >= 4 is 5.91 Å². The van der Waals surface area contributed by atoms with Crippen LogP contribution >= 0.6 is 0 Å². The highest BCUT2D eigenvalue weighted by Gasteiger charge is 2.17. The van der Waals surface area contributed by atoms with Crippen LogP contribution in [0.3, 0.4) is 0 Å². The second kappa shape index (κ2) is 8.56. The van der Waals surface area contributed by atoms with Gasteiger partial charge in [-0.25, -0.2) is 0 Å². The molecule has 2 aromatic rings. The number of para-hydroxylation sites is 1. The van der Waals surface area contributed by atoms with Crippen LogP contribution in [0.25, 0.3) is 0 Å². The largest absolute Gasteiger partial charge is 0.491 e. The molecule has 4 nitrogen and oxygen atoms in total. The molecule has 2 rings (SSSR count). The average molecular weight is 341 g/mol. The molecule has 0 radical (unpaired) electrons. The van der Waals surface area contributed by atoms with E-state index in [4.69, 9.17) is 9.47 Å². The molecule has 1 N–H and O–H groups in total. The average Bonchev–Trinajstić information content (AvgIpc) is 2.53. The van der Waals surface area contributed by atoms with Crippen LogP contribution in [0.5, 0.6) is 11.5 Å². The summed E-state index contributed by atoms with van der Waals surface area (Å²) in [5.74, 6) is 1.40. The van der Waals surface area contributed by atoms with E-state index in [1.807, 2.05) is 64.1 Å². The fourth-order valence-corrected chi connectivity index (χ4v) is 2.59. The molecule has 0 aliphatic carbocycles. The van der Waals surface area contributed by atoms with Gasteiger partial charge in [-0.1, -0.05) is 24.3 Å². The van der Waals surface area contributed by atoms with Gasteiger partial charge in [-0.05, 0) is 69.5 Å². The molecule has 0 heterocycles. The molecule has 2 atom stereocenters. The van der Waals surface area contributed by atoms with Crippen LogP contribution < -0.4 is 14.8 Å². The number of carbonyl (C=O) groups excluding carboxylic acids is 1. The van der Waals surface area contributed by atoms with Crippen molar-refractivity contribution in [1.29, 1.82) is 0 Å². The number of hydrogen-bond acceptors (Lipinski definition) is 3. The summed E-state index contributed by atoms with van der Waals surface area (Å²) >= 11 is 0. The number of aryl methyl sites for hydroxylation is 3. The van der Waals surface area contributed by atoms with Gasteiger partial charge in [-0.15, -0.1) is 0 Å². The molecular formula is C21H27NO3. The number of rotatable bonds is 7. The van der Waals surface area contributed by atoms with Crippen molar-refractivity contribution in [1.82, 2.24) is 5.32 Å². The molecule has 25 heavy (non-hydrogen) atoms. The Kier molecular flexibility index (Phi) is 6.45. The van der Waals surface area contributed by atoms with E-state index in [1.54, 1.807) is 6.92 Å². The van der Waals surface area contributed by atoms with E-state index in [-0.39, 0.29) is 11.9 Å². The fraction of sp³-hybridized carbons (Fsp3) is 0.381. The summed E-state index contributed by atoms with van der Waals surface area (Å²) in [7, 11) is 0.